The van der Waals surface area contributed by atoms with E-state index < -0.39 is 34.8 Å². The molecule has 3 nitrogen and oxygen atoms in total. The molecule has 0 unspecified atom stereocenters. The van der Waals surface area contributed by atoms with Crippen LogP contribution in [0, 0.1) is 23.5 Å². The normalized spacial score (nSPS) is 17.7. The molecule has 94 valence electrons. The van der Waals surface area contributed by atoms with Crippen molar-refractivity contribution in [1.29, 1.82) is 0 Å². The van der Waals surface area contributed by atoms with Gasteiger partial charge in [0.15, 0.2) is 0 Å². The van der Waals surface area contributed by atoms with Crippen LogP contribution < -0.4 is 5.32 Å². The summed E-state index contributed by atoms with van der Waals surface area (Å²) in [5.41, 5.74) is -2.00. The highest BCUT2D eigenvalue weighted by molar-refractivity contribution is 5.45. The minimum Gasteiger partial charge on any atom is -0.388 e. The minimum absolute atomic E-state index is 0.163. The van der Waals surface area contributed by atoms with E-state index in [9.17, 15) is 22.7 Å². The fourth-order valence-electron chi connectivity index (χ4n) is 1.66. The summed E-state index contributed by atoms with van der Waals surface area (Å²) >= 11 is 0. The number of hydrogen-bond donors (Lipinski definition) is 2. The first-order chi connectivity index (χ1) is 7.93. The summed E-state index contributed by atoms with van der Waals surface area (Å²) < 4.78 is 51.8. The Hall–Kier alpha value is -1.37. The number of nitrogens with one attached hydrogen (secondary N) is 1. The second-order valence-electron chi connectivity index (χ2n) is 4.13. The van der Waals surface area contributed by atoms with Gasteiger partial charge < -0.3 is 10.4 Å². The topological polar surface area (TPSA) is 45.1 Å². The molecule has 1 fully saturated rings. The van der Waals surface area contributed by atoms with E-state index >= 15 is 0 Å². The van der Waals surface area contributed by atoms with E-state index in [-0.39, 0.29) is 6.54 Å². The van der Waals surface area contributed by atoms with Gasteiger partial charge in [0.2, 0.25) is 11.6 Å². The Morgan fingerprint density at radius 3 is 2.06 bits per heavy atom. The van der Waals surface area contributed by atoms with Crippen molar-refractivity contribution in [3.05, 3.63) is 23.5 Å². The maximum Gasteiger partial charge on any atom is 0.253 e. The van der Waals surface area contributed by atoms with Gasteiger partial charge in [-0.3, -0.25) is 0 Å². The van der Waals surface area contributed by atoms with Gasteiger partial charge in [-0.2, -0.15) is 22.5 Å². The summed E-state index contributed by atoms with van der Waals surface area (Å²) in [5, 5.41) is 11.9. The Bertz CT molecular complexity index is 422. The van der Waals surface area contributed by atoms with Crippen molar-refractivity contribution >= 4 is 5.69 Å². The molecule has 0 radical (unpaired) electrons. The Kier molecular flexibility index (Phi) is 2.94. The van der Waals surface area contributed by atoms with Crippen LogP contribution in [-0.4, -0.2) is 22.2 Å². The SMILES string of the molecule is OC1(CNc2c(F)c(F)nc(F)c2F)CCC1. The number of halogens is 4. The van der Waals surface area contributed by atoms with E-state index in [1.165, 1.54) is 0 Å². The number of pyridine rings is 1. The fourth-order valence-corrected chi connectivity index (χ4v) is 1.66. The van der Waals surface area contributed by atoms with Crippen molar-refractivity contribution in [2.75, 3.05) is 11.9 Å². The second-order valence-corrected chi connectivity index (χ2v) is 4.13. The molecule has 0 bridgehead atoms. The van der Waals surface area contributed by atoms with Gasteiger partial charge in [-0.25, -0.2) is 0 Å². The summed E-state index contributed by atoms with van der Waals surface area (Å²) in [5.74, 6) is -6.61. The van der Waals surface area contributed by atoms with E-state index in [1.54, 1.807) is 0 Å². The molecule has 1 aliphatic rings. The molecule has 2 rings (SSSR count). The molecule has 17 heavy (non-hydrogen) atoms. The van der Waals surface area contributed by atoms with Gasteiger partial charge in [-0.1, -0.05) is 0 Å². The largest absolute Gasteiger partial charge is 0.388 e. The lowest BCUT2D eigenvalue weighted by Gasteiger charge is -2.36. The third kappa shape index (κ3) is 2.19. The molecule has 1 aromatic heterocycles. The number of aliphatic hydroxyl groups is 1. The maximum atomic E-state index is 13.2. The van der Waals surface area contributed by atoms with Crippen LogP contribution in [0.2, 0.25) is 0 Å². The first-order valence-electron chi connectivity index (χ1n) is 5.09. The van der Waals surface area contributed by atoms with Crippen molar-refractivity contribution < 1.29 is 22.7 Å². The highest BCUT2D eigenvalue weighted by Gasteiger charge is 2.35. The van der Waals surface area contributed by atoms with Crippen LogP contribution in [0.4, 0.5) is 23.2 Å². The zero-order valence-corrected chi connectivity index (χ0v) is 8.73. The van der Waals surface area contributed by atoms with Crippen LogP contribution in [0.5, 0.6) is 0 Å². The number of hydrogen-bond acceptors (Lipinski definition) is 3. The van der Waals surface area contributed by atoms with E-state index in [0.29, 0.717) is 12.8 Å². The second kappa shape index (κ2) is 4.14. The smallest absolute Gasteiger partial charge is 0.253 e. The summed E-state index contributed by atoms with van der Waals surface area (Å²) in [4.78, 5) is 2.43. The molecule has 7 heteroatoms. The number of nitrogens with zero attached hydrogens (tertiary/aromatic N) is 1. The molecule has 0 aliphatic heterocycles. The molecule has 2 N–H and O–H groups in total. The van der Waals surface area contributed by atoms with Crippen LogP contribution in [0.15, 0.2) is 0 Å². The average molecular weight is 250 g/mol. The quantitative estimate of drug-likeness (QED) is 0.636. The molecule has 0 spiro atoms. The maximum absolute atomic E-state index is 13.2. The van der Waals surface area contributed by atoms with Gasteiger partial charge in [0.1, 0.15) is 5.69 Å². The van der Waals surface area contributed by atoms with Crippen LogP contribution in [0.3, 0.4) is 0 Å². The van der Waals surface area contributed by atoms with Gasteiger partial charge in [-0.05, 0) is 19.3 Å². The number of rotatable bonds is 3. The minimum atomic E-state index is -1.72. The van der Waals surface area contributed by atoms with Crippen molar-refractivity contribution in [1.82, 2.24) is 4.98 Å². The lowest BCUT2D eigenvalue weighted by molar-refractivity contribution is -0.0203. The van der Waals surface area contributed by atoms with E-state index in [2.05, 4.69) is 10.3 Å². The predicted molar refractivity (Wildman–Crippen MR) is 51.4 cm³/mol. The Morgan fingerprint density at radius 2 is 1.65 bits per heavy atom. The molecule has 0 aromatic carbocycles. The Morgan fingerprint density at radius 1 is 1.12 bits per heavy atom. The molecule has 0 saturated heterocycles. The Balaban J connectivity index is 2.20. The van der Waals surface area contributed by atoms with Gasteiger partial charge >= 0.3 is 0 Å². The zero-order valence-electron chi connectivity index (χ0n) is 8.73. The van der Waals surface area contributed by atoms with Crippen molar-refractivity contribution in [2.24, 2.45) is 0 Å². The molecule has 1 aromatic rings. The van der Waals surface area contributed by atoms with E-state index in [0.717, 1.165) is 6.42 Å². The molecular formula is C10H10F4N2O. The first kappa shape index (κ1) is 12.1. The van der Waals surface area contributed by atoms with Gasteiger partial charge in [0.05, 0.1) is 5.60 Å². The lowest BCUT2D eigenvalue weighted by atomic mass is 9.80. The summed E-state index contributed by atoms with van der Waals surface area (Å²) in [7, 11) is 0. The Labute approximate surface area is 94.5 Å². The number of aromatic nitrogens is 1. The third-order valence-corrected chi connectivity index (χ3v) is 2.88. The molecule has 1 heterocycles. The number of anilines is 1. The molecular weight excluding hydrogens is 240 g/mol. The predicted octanol–water partition coefficient (Wildman–Crippen LogP) is 1.96. The molecule has 1 saturated carbocycles. The van der Waals surface area contributed by atoms with Crippen LogP contribution in [0.25, 0.3) is 0 Å². The van der Waals surface area contributed by atoms with E-state index in [4.69, 9.17) is 0 Å². The van der Waals surface area contributed by atoms with Crippen LogP contribution in [-0.2, 0) is 0 Å². The zero-order chi connectivity index (χ0) is 12.6. The fraction of sp³-hybridized carbons (Fsp3) is 0.500. The van der Waals surface area contributed by atoms with Crippen molar-refractivity contribution in [3.8, 4) is 0 Å². The van der Waals surface area contributed by atoms with E-state index in [1.807, 2.05) is 0 Å². The summed E-state index contributed by atoms with van der Waals surface area (Å²) in [6.45, 7) is -0.163. The first-order valence-corrected chi connectivity index (χ1v) is 5.09. The van der Waals surface area contributed by atoms with Gasteiger partial charge in [0, 0.05) is 6.54 Å². The van der Waals surface area contributed by atoms with Crippen molar-refractivity contribution in [2.45, 2.75) is 24.9 Å². The highest BCUT2D eigenvalue weighted by Crippen LogP contribution is 2.32. The highest BCUT2D eigenvalue weighted by atomic mass is 19.2. The third-order valence-electron chi connectivity index (χ3n) is 2.88. The van der Waals surface area contributed by atoms with Gasteiger partial charge in [0.25, 0.3) is 11.9 Å². The van der Waals surface area contributed by atoms with Crippen LogP contribution in [0.1, 0.15) is 19.3 Å². The average Bonchev–Trinajstić information content (AvgIpc) is 2.24. The molecule has 1 aliphatic carbocycles. The summed E-state index contributed by atoms with van der Waals surface area (Å²) in [6.07, 6.45) is 1.78. The lowest BCUT2D eigenvalue weighted by Crippen LogP contribution is -2.43. The standard InChI is InChI=1S/C10H10F4N2O/c11-5-7(6(12)9(14)16-8(5)13)15-4-10(17)2-1-3-10/h17H,1-4H2,(H,15,16). The molecule has 0 amide bonds. The summed E-state index contributed by atoms with van der Waals surface area (Å²) in [6, 6.07) is 0. The molecule has 0 atom stereocenters. The van der Waals surface area contributed by atoms with Crippen LogP contribution >= 0.6 is 0 Å². The van der Waals surface area contributed by atoms with Crippen molar-refractivity contribution in [3.63, 3.8) is 0 Å². The van der Waals surface area contributed by atoms with Gasteiger partial charge in [-0.15, -0.1) is 0 Å². The monoisotopic (exact) mass is 250 g/mol.